The van der Waals surface area contributed by atoms with Gasteiger partial charge in [0.1, 0.15) is 5.75 Å². The van der Waals surface area contributed by atoms with E-state index in [2.05, 4.69) is 0 Å². The maximum Gasteiger partial charge on any atom is 0.415 e. The van der Waals surface area contributed by atoms with Gasteiger partial charge >= 0.3 is 6.09 Å². The molecule has 154 valence electrons. The highest BCUT2D eigenvalue weighted by atomic mass is 16.6. The summed E-state index contributed by atoms with van der Waals surface area (Å²) in [5.41, 5.74) is -0.645. The van der Waals surface area contributed by atoms with E-state index in [1.54, 1.807) is 0 Å². The molecule has 0 aromatic heterocycles. The molecule has 0 fully saturated rings. The molecule has 4 nitrogen and oxygen atoms in total. The third-order valence-corrected chi connectivity index (χ3v) is 3.86. The van der Waals surface area contributed by atoms with E-state index in [9.17, 15) is 6.17 Å². The summed E-state index contributed by atoms with van der Waals surface area (Å²) in [7, 11) is 0. The Labute approximate surface area is 185 Å². The highest BCUT2D eigenvalue weighted by Crippen LogP contribution is 2.35. The van der Waals surface area contributed by atoms with Crippen LogP contribution >= 0.6 is 0 Å². The number of ether oxygens (including phenoxy) is 1. The molecule has 0 aliphatic rings. The molecule has 4 heteroatoms. The van der Waals surface area contributed by atoms with Crippen LogP contribution < -0.4 is 4.74 Å². The minimum Gasteiger partial charge on any atom is -0.410 e. The average molecular weight is 390 g/mol. The summed E-state index contributed by atoms with van der Waals surface area (Å²) in [5, 5.41) is 0. The molecule has 0 aliphatic carbocycles. The van der Waals surface area contributed by atoms with Gasteiger partial charge < -0.3 is 9.64 Å². The lowest BCUT2D eigenvalue weighted by Gasteiger charge is -2.36. The molecule has 1 amide bonds. The zero-order chi connectivity index (χ0) is 32.4. The summed E-state index contributed by atoms with van der Waals surface area (Å²) in [6, 6.07) is -7.95. The van der Waals surface area contributed by atoms with Crippen molar-refractivity contribution in [3.63, 3.8) is 0 Å². The summed E-state index contributed by atoms with van der Waals surface area (Å²) in [6.07, 6.45) is -6.84. The largest absolute Gasteiger partial charge is 0.415 e. The molecule has 0 aliphatic heterocycles. The van der Waals surface area contributed by atoms with Crippen molar-refractivity contribution in [1.82, 2.24) is 9.80 Å². The van der Waals surface area contributed by atoms with Gasteiger partial charge in [0.25, 0.3) is 0 Å². The third-order valence-electron chi connectivity index (χ3n) is 3.86. The number of amides is 1. The second-order valence-electron chi connectivity index (χ2n) is 6.32. The first-order valence-electron chi connectivity index (χ1n) is 15.2. The smallest absolute Gasteiger partial charge is 0.410 e. The highest BCUT2D eigenvalue weighted by molar-refractivity contribution is 5.71. The van der Waals surface area contributed by atoms with Crippen LogP contribution in [0.1, 0.15) is 102 Å². The van der Waals surface area contributed by atoms with Gasteiger partial charge in [-0.3, -0.25) is 4.90 Å². The van der Waals surface area contributed by atoms with E-state index in [-0.39, 0.29) is 21.6 Å². The van der Waals surface area contributed by atoms with Crippen LogP contribution in [0.2, 0.25) is 0 Å². The van der Waals surface area contributed by atoms with Gasteiger partial charge in [0, 0.05) is 36.9 Å². The van der Waals surface area contributed by atoms with Crippen molar-refractivity contribution in [2.45, 2.75) is 93.1 Å². The molecular formula is C23H40N2O2. The Morgan fingerprint density at radius 1 is 1.19 bits per heavy atom. The van der Waals surface area contributed by atoms with Crippen LogP contribution in [-0.2, 0) is 0 Å². The standard InChI is InChI=1S/C23H40N2O2/c1-10-15-25(17(6)7)23(26)27-21-14-13-18(8)22(19(21)9)20(11-2)24(12-3)16(4)5/h13-14,16-17,20H,10-12,15H2,1-9H3/t20-/m0/s1/i10D2,11D2,12D2,13D,14D,15D2,16D,17D,20D. The molecule has 0 heterocycles. The molecule has 1 aromatic rings. The predicted octanol–water partition coefficient (Wildman–Crippen LogP) is 6.10. The summed E-state index contributed by atoms with van der Waals surface area (Å²) >= 11 is 0. The van der Waals surface area contributed by atoms with Crippen LogP contribution in [0.25, 0.3) is 0 Å². The molecular weight excluding hydrogens is 336 g/mol. The predicted molar refractivity (Wildman–Crippen MR) is 115 cm³/mol. The highest BCUT2D eigenvalue weighted by Gasteiger charge is 2.26. The molecule has 0 saturated carbocycles. The van der Waals surface area contributed by atoms with E-state index < -0.39 is 67.7 Å². The summed E-state index contributed by atoms with van der Waals surface area (Å²) < 4.78 is 115. The van der Waals surface area contributed by atoms with Crippen LogP contribution in [0, 0.1) is 13.8 Å². The fraction of sp³-hybridized carbons (Fsp3) is 0.696. The molecule has 1 atom stereocenters. The number of carbonyl (C=O) groups excluding carboxylic acids is 1. The van der Waals surface area contributed by atoms with Gasteiger partial charge in [0.2, 0.25) is 0 Å². The van der Waals surface area contributed by atoms with Crippen molar-refractivity contribution in [3.05, 3.63) is 28.8 Å². The lowest BCUT2D eigenvalue weighted by Crippen LogP contribution is -2.39. The van der Waals surface area contributed by atoms with Crippen molar-refractivity contribution in [3.8, 4) is 5.75 Å². The minimum absolute atomic E-state index is 0.0978. The Balaban J connectivity index is 4.19. The molecule has 0 radical (unpaired) electrons. The van der Waals surface area contributed by atoms with E-state index in [4.69, 9.17) is 21.2 Å². The number of carbonyl (C=O) groups is 1. The average Bonchev–Trinajstić information content (AvgIpc) is 2.64. The second kappa shape index (κ2) is 10.7. The van der Waals surface area contributed by atoms with Gasteiger partial charge in [0.15, 0.2) is 0 Å². The number of hydrogen-bond donors (Lipinski definition) is 0. The second-order valence-corrected chi connectivity index (χ2v) is 6.32. The van der Waals surface area contributed by atoms with Gasteiger partial charge in [-0.15, -0.1) is 0 Å². The van der Waals surface area contributed by atoms with Gasteiger partial charge in [-0.05, 0) is 83.5 Å². The van der Waals surface area contributed by atoms with Crippen LogP contribution in [0.4, 0.5) is 4.79 Å². The molecule has 0 unspecified atom stereocenters. The molecule has 0 spiro atoms. The van der Waals surface area contributed by atoms with Gasteiger partial charge in [0.05, 0.1) is 5.48 Å². The molecule has 27 heavy (non-hydrogen) atoms. The zero-order valence-corrected chi connectivity index (χ0v) is 17.7. The van der Waals surface area contributed by atoms with Crippen molar-refractivity contribution >= 4 is 6.09 Å². The number of nitrogens with zero attached hydrogens (tertiary/aromatic N) is 2. The molecule has 1 aromatic carbocycles. The monoisotopic (exact) mass is 389 g/mol. The Morgan fingerprint density at radius 3 is 2.26 bits per heavy atom. The van der Waals surface area contributed by atoms with E-state index in [0.29, 0.717) is 4.90 Å². The molecule has 0 saturated heterocycles. The first-order valence-corrected chi connectivity index (χ1v) is 8.70. The maximum absolute atomic E-state index is 13.4. The fourth-order valence-electron chi connectivity index (χ4n) is 2.65. The summed E-state index contributed by atoms with van der Waals surface area (Å²) in [4.78, 5) is 14.3. The van der Waals surface area contributed by atoms with E-state index in [0.717, 1.165) is 34.6 Å². The van der Waals surface area contributed by atoms with Crippen LogP contribution in [0.15, 0.2) is 12.1 Å². The quantitative estimate of drug-likeness (QED) is 0.511. The lowest BCUT2D eigenvalue weighted by molar-refractivity contribution is 0.137. The Bertz CT molecular complexity index is 1110. The number of rotatable bonds is 9. The van der Waals surface area contributed by atoms with Gasteiger partial charge in [-0.1, -0.05) is 26.8 Å². The van der Waals surface area contributed by atoms with Crippen LogP contribution in [0.3, 0.4) is 0 Å². The summed E-state index contributed by atoms with van der Waals surface area (Å²) in [6.45, 7) is 4.79. The van der Waals surface area contributed by atoms with Crippen molar-refractivity contribution in [1.29, 1.82) is 0 Å². The zero-order valence-electron chi connectivity index (χ0n) is 30.7. The number of benzene rings is 1. The van der Waals surface area contributed by atoms with Gasteiger partial charge in [-0.2, -0.15) is 0 Å². The molecule has 0 bridgehead atoms. The lowest BCUT2D eigenvalue weighted by atomic mass is 9.92. The van der Waals surface area contributed by atoms with Crippen molar-refractivity contribution < 1.29 is 27.4 Å². The van der Waals surface area contributed by atoms with Crippen molar-refractivity contribution in [2.75, 3.05) is 13.0 Å². The summed E-state index contributed by atoms with van der Waals surface area (Å²) in [5.74, 6) is -0.669. The van der Waals surface area contributed by atoms with Gasteiger partial charge in [-0.25, -0.2) is 4.79 Å². The van der Waals surface area contributed by atoms with E-state index in [1.165, 1.54) is 27.7 Å². The van der Waals surface area contributed by atoms with E-state index >= 15 is 0 Å². The normalized spacial score (nSPS) is 23.9. The Hall–Kier alpha value is -1.55. The Kier molecular flexibility index (Phi) is 4.08. The topological polar surface area (TPSA) is 32.8 Å². The molecule has 0 N–H and O–H groups in total. The van der Waals surface area contributed by atoms with Crippen LogP contribution in [0.5, 0.6) is 5.75 Å². The fourth-order valence-corrected chi connectivity index (χ4v) is 2.65. The van der Waals surface area contributed by atoms with Crippen molar-refractivity contribution in [2.24, 2.45) is 0 Å². The maximum atomic E-state index is 13.4. The number of hydrogen-bond acceptors (Lipinski definition) is 3. The molecule has 1 rings (SSSR count). The Morgan fingerprint density at radius 2 is 1.81 bits per heavy atom. The SMILES string of the molecule is [2H]c1c([2H])c(OC(=O)N(C([2H])(C)C)C([2H])([2H])C([2H])([2H])C)c(C)c([C@@]([2H])(N(C([2H])([2H])C)C([2H])(C)C)C([2H])([2H])C)c1C. The van der Waals surface area contributed by atoms with E-state index in [1.807, 2.05) is 0 Å². The first kappa shape index (κ1) is 10.3. The third kappa shape index (κ3) is 5.71. The van der Waals surface area contributed by atoms with Crippen LogP contribution in [-0.4, -0.2) is 40.9 Å². The minimum atomic E-state index is -3.08. The first-order chi connectivity index (χ1) is 17.3.